The van der Waals surface area contributed by atoms with E-state index in [4.69, 9.17) is 17.3 Å². The Morgan fingerprint density at radius 1 is 1.44 bits per heavy atom. The number of rotatable bonds is 3. The summed E-state index contributed by atoms with van der Waals surface area (Å²) in [6.45, 7) is 4.29. The molecule has 0 saturated heterocycles. The van der Waals surface area contributed by atoms with E-state index in [1.54, 1.807) is 10.7 Å². The second kappa shape index (κ2) is 4.29. The zero-order valence-corrected chi connectivity index (χ0v) is 10.2. The van der Waals surface area contributed by atoms with E-state index in [2.05, 4.69) is 23.9 Å². The second-order valence-electron chi connectivity index (χ2n) is 3.85. The molecule has 0 saturated carbocycles. The van der Waals surface area contributed by atoms with E-state index in [1.165, 1.54) is 0 Å². The molecule has 0 atom stereocenters. The third-order valence-electron chi connectivity index (χ3n) is 2.88. The highest BCUT2D eigenvalue weighted by atomic mass is 35.5. The summed E-state index contributed by atoms with van der Waals surface area (Å²) in [5, 5.41) is 4.61. The topological polar surface area (TPSA) is 56.2 Å². The van der Waals surface area contributed by atoms with Crippen molar-refractivity contribution < 1.29 is 0 Å². The van der Waals surface area contributed by atoms with Gasteiger partial charge in [0.25, 0.3) is 0 Å². The summed E-state index contributed by atoms with van der Waals surface area (Å²) in [7, 11) is 0. The fourth-order valence-electron chi connectivity index (χ4n) is 1.90. The fraction of sp³-hybridized carbons (Fsp3) is 0.455. The van der Waals surface area contributed by atoms with Crippen LogP contribution in [0.2, 0.25) is 5.02 Å². The molecule has 0 fully saturated rings. The molecule has 0 radical (unpaired) electrons. The lowest BCUT2D eigenvalue weighted by atomic mass is 9.99. The summed E-state index contributed by atoms with van der Waals surface area (Å²) < 4.78 is 1.56. The highest BCUT2D eigenvalue weighted by Gasteiger charge is 2.13. The van der Waals surface area contributed by atoms with E-state index in [1.807, 2.05) is 6.07 Å². The first-order chi connectivity index (χ1) is 7.67. The first-order valence-corrected chi connectivity index (χ1v) is 5.84. The van der Waals surface area contributed by atoms with Crippen LogP contribution in [0.1, 0.15) is 38.3 Å². The zero-order valence-electron chi connectivity index (χ0n) is 9.44. The largest absolute Gasteiger partial charge is 0.384 e. The van der Waals surface area contributed by atoms with Gasteiger partial charge in [0, 0.05) is 17.7 Å². The van der Waals surface area contributed by atoms with E-state index in [0.29, 0.717) is 22.4 Å². The Balaban J connectivity index is 2.59. The van der Waals surface area contributed by atoms with E-state index < -0.39 is 0 Å². The summed E-state index contributed by atoms with van der Waals surface area (Å²) in [5.41, 5.74) is 7.56. The Morgan fingerprint density at radius 2 is 2.12 bits per heavy atom. The van der Waals surface area contributed by atoms with Gasteiger partial charge in [0.1, 0.15) is 10.8 Å². The molecule has 4 nitrogen and oxygen atoms in total. The molecule has 0 aliphatic carbocycles. The van der Waals surface area contributed by atoms with Crippen molar-refractivity contribution in [2.75, 3.05) is 5.73 Å². The number of aromatic nitrogens is 3. The molecule has 0 aromatic carbocycles. The number of halogens is 1. The third-order valence-corrected chi connectivity index (χ3v) is 3.15. The smallest absolute Gasteiger partial charge is 0.176 e. The van der Waals surface area contributed by atoms with Crippen LogP contribution in [0.5, 0.6) is 0 Å². The van der Waals surface area contributed by atoms with Crippen molar-refractivity contribution in [2.24, 2.45) is 0 Å². The van der Waals surface area contributed by atoms with Crippen molar-refractivity contribution in [2.45, 2.75) is 32.6 Å². The molecule has 0 spiro atoms. The average Bonchev–Trinajstić information content (AvgIpc) is 2.63. The molecule has 2 heterocycles. The predicted molar refractivity (Wildman–Crippen MR) is 65.7 cm³/mol. The lowest BCUT2D eigenvalue weighted by Crippen LogP contribution is -2.06. The number of nitrogens with zero attached hydrogens (tertiary/aromatic N) is 3. The molecule has 2 aromatic rings. The Morgan fingerprint density at radius 3 is 2.75 bits per heavy atom. The normalized spacial score (nSPS) is 11.5. The molecule has 86 valence electrons. The zero-order chi connectivity index (χ0) is 11.7. The quantitative estimate of drug-likeness (QED) is 0.895. The van der Waals surface area contributed by atoms with Crippen molar-refractivity contribution in [1.29, 1.82) is 0 Å². The molecule has 5 heteroatoms. The lowest BCUT2D eigenvalue weighted by Gasteiger charge is -2.12. The van der Waals surface area contributed by atoms with Crippen molar-refractivity contribution >= 4 is 23.1 Å². The van der Waals surface area contributed by atoms with Crippen molar-refractivity contribution in [3.05, 3.63) is 23.0 Å². The van der Waals surface area contributed by atoms with Crippen LogP contribution in [0.3, 0.4) is 0 Å². The predicted octanol–water partition coefficient (Wildman–Crippen LogP) is 2.87. The molecule has 2 aromatic heterocycles. The van der Waals surface area contributed by atoms with E-state index >= 15 is 0 Å². The van der Waals surface area contributed by atoms with Gasteiger partial charge in [-0.25, -0.2) is 4.98 Å². The van der Waals surface area contributed by atoms with Crippen molar-refractivity contribution in [1.82, 2.24) is 14.6 Å². The standard InChI is InChI=1S/C11H15ClN4/c1-3-7(4-2)9-5-10(13)16-11(15-9)8(12)6-14-16/h5-7H,3-4,13H2,1-2H3. The Bertz CT molecular complexity index is 502. The fourth-order valence-corrected chi connectivity index (χ4v) is 2.06. The van der Waals surface area contributed by atoms with Gasteiger partial charge in [-0.1, -0.05) is 25.4 Å². The highest BCUT2D eigenvalue weighted by molar-refractivity contribution is 6.33. The van der Waals surface area contributed by atoms with Gasteiger partial charge in [-0.15, -0.1) is 0 Å². The van der Waals surface area contributed by atoms with Gasteiger partial charge in [0.15, 0.2) is 5.65 Å². The molecule has 0 amide bonds. The SMILES string of the molecule is CCC(CC)c1cc(N)n2ncc(Cl)c2n1. The van der Waals surface area contributed by atoms with Crippen LogP contribution in [0, 0.1) is 0 Å². The molecule has 0 unspecified atom stereocenters. The van der Waals surface area contributed by atoms with Gasteiger partial charge in [-0.05, 0) is 12.8 Å². The molecule has 0 aliphatic heterocycles. The summed E-state index contributed by atoms with van der Waals surface area (Å²) in [6, 6.07) is 1.88. The van der Waals surface area contributed by atoms with E-state index in [-0.39, 0.29) is 0 Å². The summed E-state index contributed by atoms with van der Waals surface area (Å²) in [4.78, 5) is 4.53. The first-order valence-electron chi connectivity index (χ1n) is 5.47. The van der Waals surface area contributed by atoms with Crippen LogP contribution in [0.4, 0.5) is 5.82 Å². The monoisotopic (exact) mass is 238 g/mol. The first kappa shape index (κ1) is 11.2. The van der Waals surface area contributed by atoms with Gasteiger partial charge >= 0.3 is 0 Å². The minimum atomic E-state index is 0.429. The van der Waals surface area contributed by atoms with E-state index in [0.717, 1.165) is 18.5 Å². The number of hydrogen-bond acceptors (Lipinski definition) is 3. The Labute approximate surface area is 99.4 Å². The minimum absolute atomic E-state index is 0.429. The van der Waals surface area contributed by atoms with Crippen LogP contribution in [0.25, 0.3) is 5.65 Å². The molecular weight excluding hydrogens is 224 g/mol. The van der Waals surface area contributed by atoms with Crippen LogP contribution >= 0.6 is 11.6 Å². The van der Waals surface area contributed by atoms with Crippen molar-refractivity contribution in [3.8, 4) is 0 Å². The molecule has 16 heavy (non-hydrogen) atoms. The Hall–Kier alpha value is -1.29. The van der Waals surface area contributed by atoms with Crippen molar-refractivity contribution in [3.63, 3.8) is 0 Å². The number of anilines is 1. The molecule has 0 aliphatic rings. The van der Waals surface area contributed by atoms with E-state index in [9.17, 15) is 0 Å². The molecule has 2 N–H and O–H groups in total. The maximum atomic E-state index is 6.01. The minimum Gasteiger partial charge on any atom is -0.384 e. The Kier molecular flexibility index (Phi) is 3.01. The molecule has 2 rings (SSSR count). The molecular formula is C11H15ClN4. The lowest BCUT2D eigenvalue weighted by molar-refractivity contribution is 0.623. The van der Waals surface area contributed by atoms with Gasteiger partial charge in [-0.2, -0.15) is 9.61 Å². The number of nitrogens with two attached hydrogens (primary N) is 1. The molecule has 0 bridgehead atoms. The number of nitrogen functional groups attached to an aromatic ring is 1. The number of hydrogen-bond donors (Lipinski definition) is 1. The number of fused-ring (bicyclic) bond motifs is 1. The van der Waals surface area contributed by atoms with Gasteiger partial charge in [-0.3, -0.25) is 0 Å². The van der Waals surface area contributed by atoms with Crippen LogP contribution < -0.4 is 5.73 Å². The summed E-state index contributed by atoms with van der Waals surface area (Å²) in [6.07, 6.45) is 3.66. The van der Waals surface area contributed by atoms with Gasteiger partial charge in [0.05, 0.1) is 6.20 Å². The third kappa shape index (κ3) is 1.73. The second-order valence-corrected chi connectivity index (χ2v) is 4.25. The van der Waals surface area contributed by atoms with Gasteiger partial charge < -0.3 is 5.73 Å². The maximum Gasteiger partial charge on any atom is 0.176 e. The highest BCUT2D eigenvalue weighted by Crippen LogP contribution is 2.25. The summed E-state index contributed by atoms with van der Waals surface area (Å²) in [5.74, 6) is 1.01. The summed E-state index contributed by atoms with van der Waals surface area (Å²) >= 11 is 6.01. The van der Waals surface area contributed by atoms with Gasteiger partial charge in [0.2, 0.25) is 0 Å². The maximum absolute atomic E-state index is 6.01. The van der Waals surface area contributed by atoms with Crippen LogP contribution in [-0.4, -0.2) is 14.6 Å². The average molecular weight is 239 g/mol. The van der Waals surface area contributed by atoms with Crippen LogP contribution in [-0.2, 0) is 0 Å². The van der Waals surface area contributed by atoms with Crippen LogP contribution in [0.15, 0.2) is 12.3 Å².